The number of rotatable bonds is 2. The van der Waals surface area contributed by atoms with Crippen molar-refractivity contribution >= 4 is 11.5 Å². The molecule has 0 spiro atoms. The summed E-state index contributed by atoms with van der Waals surface area (Å²) in [5.74, 6) is 0.104. The number of nitrogens with one attached hydrogen (secondary N) is 1. The second kappa shape index (κ2) is 6.23. The second-order valence-corrected chi connectivity index (χ2v) is 2.38. The predicted octanol–water partition coefficient (Wildman–Crippen LogP) is 3.20. The molecule has 0 fully saturated rings. The second-order valence-electron chi connectivity index (χ2n) is 2.38. The normalized spacial score (nSPS) is 7.85. The zero-order chi connectivity index (χ0) is 8.27. The number of carbonyl (C=O) groups is 1. The molecule has 0 aliphatic rings. The summed E-state index contributed by atoms with van der Waals surface area (Å²) in [6.45, 7) is 1.56. The van der Waals surface area contributed by atoms with E-state index in [2.05, 4.69) is 5.32 Å². The van der Waals surface area contributed by atoms with Gasteiger partial charge in [0.15, 0.2) is 5.78 Å². The maximum absolute atomic E-state index is 10.8. The summed E-state index contributed by atoms with van der Waals surface area (Å²) in [7, 11) is 1.85. The summed E-state index contributed by atoms with van der Waals surface area (Å²) < 4.78 is 0. The molecule has 0 heterocycles. The largest absolute Gasteiger partial charge is 0.388 e. The minimum atomic E-state index is 0. The lowest BCUT2D eigenvalue weighted by molar-refractivity contribution is 0.101. The Morgan fingerprint density at radius 1 is 1.15 bits per heavy atom. The molecule has 0 amide bonds. The van der Waals surface area contributed by atoms with Crippen LogP contribution in [0, 0.1) is 0 Å². The van der Waals surface area contributed by atoms with Gasteiger partial charge < -0.3 is 5.32 Å². The Balaban J connectivity index is 0. The Hall–Kier alpha value is -1.31. The van der Waals surface area contributed by atoms with Crippen LogP contribution in [-0.4, -0.2) is 12.8 Å². The SMILES string of the molecule is C.C.CNc1ccc(C(C)=O)cc1. The molecule has 2 heteroatoms. The number of benzene rings is 1. The minimum Gasteiger partial charge on any atom is -0.388 e. The molecule has 0 saturated heterocycles. The third-order valence-electron chi connectivity index (χ3n) is 1.58. The molecule has 0 atom stereocenters. The Kier molecular flexibility index (Phi) is 6.82. The van der Waals surface area contributed by atoms with Crippen molar-refractivity contribution in [1.82, 2.24) is 0 Å². The van der Waals surface area contributed by atoms with Gasteiger partial charge in [0.2, 0.25) is 0 Å². The van der Waals surface area contributed by atoms with Gasteiger partial charge in [-0.1, -0.05) is 14.9 Å². The molecule has 1 rings (SSSR count). The molecule has 1 aromatic carbocycles. The van der Waals surface area contributed by atoms with Crippen molar-refractivity contribution in [2.75, 3.05) is 12.4 Å². The fourth-order valence-corrected chi connectivity index (χ4v) is 0.872. The summed E-state index contributed by atoms with van der Waals surface area (Å²) in [5, 5.41) is 2.98. The van der Waals surface area contributed by atoms with Gasteiger partial charge in [-0.2, -0.15) is 0 Å². The van der Waals surface area contributed by atoms with Crippen molar-refractivity contribution in [2.45, 2.75) is 21.8 Å². The van der Waals surface area contributed by atoms with Crippen LogP contribution in [0.5, 0.6) is 0 Å². The number of hydrogen-bond donors (Lipinski definition) is 1. The first-order valence-corrected chi connectivity index (χ1v) is 3.53. The summed E-state index contributed by atoms with van der Waals surface area (Å²) in [6, 6.07) is 7.40. The smallest absolute Gasteiger partial charge is 0.159 e. The molecule has 0 bridgehead atoms. The van der Waals surface area contributed by atoms with Gasteiger partial charge in [0.05, 0.1) is 0 Å². The average molecular weight is 181 g/mol. The van der Waals surface area contributed by atoms with Crippen molar-refractivity contribution in [3.63, 3.8) is 0 Å². The first-order chi connectivity index (χ1) is 5.24. The van der Waals surface area contributed by atoms with E-state index >= 15 is 0 Å². The third kappa shape index (κ3) is 3.74. The molecule has 1 N–H and O–H groups in total. The number of Topliss-reactive ketones (excluding diaryl/α,β-unsaturated/α-hetero) is 1. The molecule has 1 aromatic rings. The zero-order valence-corrected chi connectivity index (χ0v) is 6.72. The topological polar surface area (TPSA) is 29.1 Å². The molecule has 0 aromatic heterocycles. The number of hydrogen-bond acceptors (Lipinski definition) is 2. The van der Waals surface area contributed by atoms with E-state index in [0.717, 1.165) is 11.3 Å². The van der Waals surface area contributed by atoms with E-state index in [1.54, 1.807) is 6.92 Å². The van der Waals surface area contributed by atoms with Gasteiger partial charge in [-0.05, 0) is 31.2 Å². The van der Waals surface area contributed by atoms with Crippen molar-refractivity contribution in [2.24, 2.45) is 0 Å². The highest BCUT2D eigenvalue weighted by molar-refractivity contribution is 5.94. The van der Waals surface area contributed by atoms with Gasteiger partial charge in [0, 0.05) is 18.3 Å². The molecule has 0 radical (unpaired) electrons. The van der Waals surface area contributed by atoms with Gasteiger partial charge in [0.1, 0.15) is 0 Å². The summed E-state index contributed by atoms with van der Waals surface area (Å²) in [6.07, 6.45) is 0. The summed E-state index contributed by atoms with van der Waals surface area (Å²) >= 11 is 0. The van der Waals surface area contributed by atoms with Gasteiger partial charge >= 0.3 is 0 Å². The molecule has 74 valence electrons. The lowest BCUT2D eigenvalue weighted by Crippen LogP contribution is -1.92. The van der Waals surface area contributed by atoms with E-state index in [-0.39, 0.29) is 20.6 Å². The van der Waals surface area contributed by atoms with Crippen LogP contribution in [0.25, 0.3) is 0 Å². The van der Waals surface area contributed by atoms with Crippen LogP contribution in [0.4, 0.5) is 5.69 Å². The van der Waals surface area contributed by atoms with Crippen molar-refractivity contribution in [3.8, 4) is 0 Å². The van der Waals surface area contributed by atoms with Crippen LogP contribution in [0.2, 0.25) is 0 Å². The monoisotopic (exact) mass is 181 g/mol. The minimum absolute atomic E-state index is 0. The van der Waals surface area contributed by atoms with Gasteiger partial charge in [0.25, 0.3) is 0 Å². The molecule has 0 unspecified atom stereocenters. The van der Waals surface area contributed by atoms with Crippen LogP contribution in [0.3, 0.4) is 0 Å². The molecule has 0 saturated carbocycles. The number of ketones is 1. The fraction of sp³-hybridized carbons (Fsp3) is 0.364. The number of anilines is 1. The van der Waals surface area contributed by atoms with Crippen molar-refractivity contribution in [1.29, 1.82) is 0 Å². The van der Waals surface area contributed by atoms with Gasteiger partial charge in [-0.25, -0.2) is 0 Å². The molecule has 0 aliphatic carbocycles. The highest BCUT2D eigenvalue weighted by Gasteiger charge is 1.96. The lowest BCUT2D eigenvalue weighted by atomic mass is 10.1. The Labute approximate surface area is 81.0 Å². The molecule has 13 heavy (non-hydrogen) atoms. The van der Waals surface area contributed by atoms with E-state index in [0.29, 0.717) is 0 Å². The van der Waals surface area contributed by atoms with E-state index in [1.165, 1.54) is 0 Å². The van der Waals surface area contributed by atoms with Crippen LogP contribution >= 0.6 is 0 Å². The maximum Gasteiger partial charge on any atom is 0.159 e. The van der Waals surface area contributed by atoms with Crippen molar-refractivity contribution < 1.29 is 4.79 Å². The standard InChI is InChI=1S/C9H11NO.2CH4/c1-7(11)8-3-5-9(10-2)6-4-8;;/h3-6,10H,1-2H3;2*1H4. The Bertz CT molecular complexity index is 251. The first-order valence-electron chi connectivity index (χ1n) is 3.53. The van der Waals surface area contributed by atoms with Crippen LogP contribution in [-0.2, 0) is 0 Å². The quantitative estimate of drug-likeness (QED) is 0.710. The van der Waals surface area contributed by atoms with Crippen LogP contribution in [0.15, 0.2) is 24.3 Å². The highest BCUT2D eigenvalue weighted by atomic mass is 16.1. The number of carbonyl (C=O) groups excluding carboxylic acids is 1. The highest BCUT2D eigenvalue weighted by Crippen LogP contribution is 2.08. The lowest BCUT2D eigenvalue weighted by Gasteiger charge is -1.99. The van der Waals surface area contributed by atoms with E-state index in [1.807, 2.05) is 31.3 Å². The van der Waals surface area contributed by atoms with Gasteiger partial charge in [-0.15, -0.1) is 0 Å². The van der Waals surface area contributed by atoms with E-state index in [4.69, 9.17) is 0 Å². The third-order valence-corrected chi connectivity index (χ3v) is 1.58. The maximum atomic E-state index is 10.8. The summed E-state index contributed by atoms with van der Waals surface area (Å²) in [5.41, 5.74) is 1.78. The molecule has 0 aliphatic heterocycles. The fourth-order valence-electron chi connectivity index (χ4n) is 0.872. The predicted molar refractivity (Wildman–Crippen MR) is 59.5 cm³/mol. The van der Waals surface area contributed by atoms with Crippen LogP contribution in [0.1, 0.15) is 32.1 Å². The molecular weight excluding hydrogens is 162 g/mol. The molecule has 2 nitrogen and oxygen atoms in total. The Morgan fingerprint density at radius 3 is 1.92 bits per heavy atom. The van der Waals surface area contributed by atoms with E-state index in [9.17, 15) is 4.79 Å². The first kappa shape index (κ1) is 14.2. The average Bonchev–Trinajstić information content (AvgIpc) is 2.05. The van der Waals surface area contributed by atoms with Crippen LogP contribution < -0.4 is 5.32 Å². The zero-order valence-electron chi connectivity index (χ0n) is 6.72. The Morgan fingerprint density at radius 2 is 1.62 bits per heavy atom. The van der Waals surface area contributed by atoms with Gasteiger partial charge in [-0.3, -0.25) is 4.79 Å². The van der Waals surface area contributed by atoms with E-state index < -0.39 is 0 Å². The molecular formula is C11H19NO. The van der Waals surface area contributed by atoms with Crippen molar-refractivity contribution in [3.05, 3.63) is 29.8 Å². The summed E-state index contributed by atoms with van der Waals surface area (Å²) in [4.78, 5) is 10.8.